The van der Waals surface area contributed by atoms with E-state index in [2.05, 4.69) is 191 Å². The average Bonchev–Trinajstić information content (AvgIpc) is 3.92. The molecule has 0 unspecified atom stereocenters. The van der Waals surface area contributed by atoms with E-state index >= 15 is 0 Å². The standard InChI is InChI=1S/C58H44N2/c1-2-11-38(12-3-1)39-21-25-44(26-22-39)59-52-18-8-5-13-45(52)48-34-40(23-27-54(48)59)41-24-28-55-49(35-41)46-14-6-9-19-53(46)60(55)56-20-10-17-51-57(56)47-15-4-7-16-50(47)58(51)42-30-36-29-37(32-42)33-43(58)31-36/h1-28,34-37,42-43H,29-33H2. The normalized spacial score (nSPS) is 22.4. The molecule has 4 bridgehead atoms. The lowest BCUT2D eigenvalue weighted by Gasteiger charge is -2.61. The second kappa shape index (κ2) is 12.2. The van der Waals surface area contributed by atoms with E-state index in [4.69, 9.17) is 0 Å². The fraction of sp³-hybridized carbons (Fsp3) is 0.172. The number of fused-ring (bicyclic) bond motifs is 9. The first-order chi connectivity index (χ1) is 29.7. The van der Waals surface area contributed by atoms with Gasteiger partial charge in [0.15, 0.2) is 0 Å². The van der Waals surface area contributed by atoms with Crippen molar-refractivity contribution in [2.45, 2.75) is 37.5 Å². The van der Waals surface area contributed by atoms with Crippen LogP contribution in [0.15, 0.2) is 182 Å². The summed E-state index contributed by atoms with van der Waals surface area (Å²) in [6.45, 7) is 0. The van der Waals surface area contributed by atoms with Crippen molar-refractivity contribution < 1.29 is 0 Å². The van der Waals surface area contributed by atoms with Gasteiger partial charge in [-0.05, 0) is 149 Å². The monoisotopic (exact) mass is 768 g/mol. The quantitative estimate of drug-likeness (QED) is 0.169. The summed E-state index contributed by atoms with van der Waals surface area (Å²) < 4.78 is 5.02. The number of hydrogen-bond donors (Lipinski definition) is 0. The Kier molecular flexibility index (Phi) is 6.76. The van der Waals surface area contributed by atoms with Gasteiger partial charge in [-0.3, -0.25) is 0 Å². The van der Waals surface area contributed by atoms with Gasteiger partial charge in [-0.2, -0.15) is 0 Å². The molecular weight excluding hydrogens is 725 g/mol. The first kappa shape index (κ1) is 33.2. The molecule has 0 amide bonds. The minimum Gasteiger partial charge on any atom is -0.309 e. The Labute approximate surface area is 350 Å². The summed E-state index contributed by atoms with van der Waals surface area (Å²) in [6, 6.07) is 68.7. The predicted molar refractivity (Wildman–Crippen MR) is 249 cm³/mol. The largest absolute Gasteiger partial charge is 0.309 e. The minimum atomic E-state index is 0.147. The first-order valence-electron chi connectivity index (χ1n) is 22.2. The van der Waals surface area contributed by atoms with Gasteiger partial charge in [0.25, 0.3) is 0 Å². The van der Waals surface area contributed by atoms with E-state index < -0.39 is 0 Å². The van der Waals surface area contributed by atoms with Crippen molar-refractivity contribution in [2.24, 2.45) is 23.7 Å². The number of benzene rings is 8. The molecule has 5 aliphatic rings. The molecule has 2 nitrogen and oxygen atoms in total. The predicted octanol–water partition coefficient (Wildman–Crippen LogP) is 14.9. The summed E-state index contributed by atoms with van der Waals surface area (Å²) in [7, 11) is 0. The van der Waals surface area contributed by atoms with Gasteiger partial charge in [-0.25, -0.2) is 0 Å². The summed E-state index contributed by atoms with van der Waals surface area (Å²) in [5, 5.41) is 5.15. The number of nitrogens with zero attached hydrogens (tertiary/aromatic N) is 2. The van der Waals surface area contributed by atoms with Crippen LogP contribution in [0.3, 0.4) is 0 Å². The third-order valence-corrected chi connectivity index (χ3v) is 15.7. The van der Waals surface area contributed by atoms with E-state index in [9.17, 15) is 0 Å². The van der Waals surface area contributed by atoms with E-state index in [0.717, 1.165) is 23.7 Å². The minimum absolute atomic E-state index is 0.147. The highest BCUT2D eigenvalue weighted by Crippen LogP contribution is 2.70. The zero-order valence-electron chi connectivity index (χ0n) is 33.6. The Hall–Kier alpha value is -6.64. The molecule has 286 valence electrons. The van der Waals surface area contributed by atoms with Crippen LogP contribution in [0, 0.1) is 23.7 Å². The highest BCUT2D eigenvalue weighted by molar-refractivity contribution is 6.13. The topological polar surface area (TPSA) is 9.86 Å². The Morgan fingerprint density at radius 2 is 0.883 bits per heavy atom. The van der Waals surface area contributed by atoms with Crippen molar-refractivity contribution in [3.63, 3.8) is 0 Å². The molecule has 0 saturated heterocycles. The van der Waals surface area contributed by atoms with E-state index in [1.807, 2.05) is 0 Å². The molecule has 60 heavy (non-hydrogen) atoms. The first-order valence-corrected chi connectivity index (χ1v) is 22.2. The summed E-state index contributed by atoms with van der Waals surface area (Å²) in [5.41, 5.74) is 18.8. The van der Waals surface area contributed by atoms with Crippen LogP contribution >= 0.6 is 0 Å². The van der Waals surface area contributed by atoms with Crippen molar-refractivity contribution in [3.8, 4) is 44.8 Å². The lowest BCUT2D eigenvalue weighted by atomic mass is 9.43. The lowest BCUT2D eigenvalue weighted by molar-refractivity contribution is -0.0399. The maximum atomic E-state index is 2.60. The summed E-state index contributed by atoms with van der Waals surface area (Å²) in [4.78, 5) is 0. The Bertz CT molecular complexity index is 3350. The van der Waals surface area contributed by atoms with Crippen LogP contribution in [0.5, 0.6) is 0 Å². The molecule has 10 aromatic rings. The molecule has 1 spiro atoms. The maximum absolute atomic E-state index is 2.60. The van der Waals surface area contributed by atoms with E-state index in [1.54, 1.807) is 11.1 Å². The van der Waals surface area contributed by atoms with Gasteiger partial charge in [0.1, 0.15) is 0 Å². The smallest absolute Gasteiger partial charge is 0.0543 e. The van der Waals surface area contributed by atoms with E-state index in [0.29, 0.717) is 0 Å². The second-order valence-corrected chi connectivity index (χ2v) is 18.5. The molecule has 0 radical (unpaired) electrons. The van der Waals surface area contributed by atoms with Gasteiger partial charge in [0.2, 0.25) is 0 Å². The van der Waals surface area contributed by atoms with Crippen LogP contribution in [0.4, 0.5) is 0 Å². The Morgan fingerprint density at radius 1 is 0.367 bits per heavy atom. The van der Waals surface area contributed by atoms with Crippen molar-refractivity contribution in [1.82, 2.24) is 9.13 Å². The highest BCUT2D eigenvalue weighted by atomic mass is 15.0. The molecule has 2 heteroatoms. The van der Waals surface area contributed by atoms with Crippen LogP contribution in [0.25, 0.3) is 88.4 Å². The van der Waals surface area contributed by atoms with E-state index in [-0.39, 0.29) is 5.41 Å². The molecule has 5 aliphatic carbocycles. The lowest BCUT2D eigenvalue weighted by Crippen LogP contribution is -2.55. The number of aromatic nitrogens is 2. The summed E-state index contributed by atoms with van der Waals surface area (Å²) in [6.07, 6.45) is 7.07. The number of para-hydroxylation sites is 2. The third kappa shape index (κ3) is 4.38. The molecule has 15 rings (SSSR count). The Morgan fingerprint density at radius 3 is 1.57 bits per heavy atom. The number of rotatable bonds is 4. The van der Waals surface area contributed by atoms with Gasteiger partial charge < -0.3 is 9.13 Å². The summed E-state index contributed by atoms with van der Waals surface area (Å²) in [5.74, 6) is 3.36. The third-order valence-electron chi connectivity index (χ3n) is 15.7. The van der Waals surface area contributed by atoms with Gasteiger partial charge in [-0.1, -0.05) is 127 Å². The van der Waals surface area contributed by atoms with Gasteiger partial charge in [0.05, 0.1) is 27.8 Å². The highest BCUT2D eigenvalue weighted by Gasteiger charge is 2.61. The Balaban J connectivity index is 0.923. The fourth-order valence-electron chi connectivity index (χ4n) is 13.6. The molecular formula is C58H44N2. The maximum Gasteiger partial charge on any atom is 0.0543 e. The SMILES string of the molecule is c1ccc(-c2ccc(-n3c4ccccc4c4cc(-c5ccc6c(c5)c5ccccc5n6-c5cccc6c5-c5ccccc5C65C6CC7CC(C6)CC5C7)ccc43)cc2)cc1. The number of hydrogen-bond acceptors (Lipinski definition) is 0. The molecule has 8 aromatic carbocycles. The molecule has 4 saturated carbocycles. The second-order valence-electron chi connectivity index (χ2n) is 18.5. The van der Waals surface area contributed by atoms with Crippen LogP contribution in [-0.4, -0.2) is 9.13 Å². The van der Waals surface area contributed by atoms with E-state index in [1.165, 1.54) is 120 Å². The van der Waals surface area contributed by atoms with Crippen molar-refractivity contribution in [3.05, 3.63) is 193 Å². The molecule has 2 heterocycles. The summed E-state index contributed by atoms with van der Waals surface area (Å²) >= 11 is 0. The van der Waals surface area contributed by atoms with Crippen LogP contribution in [0.1, 0.15) is 43.2 Å². The average molecular weight is 769 g/mol. The van der Waals surface area contributed by atoms with Crippen LogP contribution in [0.2, 0.25) is 0 Å². The zero-order valence-corrected chi connectivity index (χ0v) is 33.6. The van der Waals surface area contributed by atoms with Crippen LogP contribution in [-0.2, 0) is 5.41 Å². The molecule has 0 N–H and O–H groups in total. The molecule has 0 atom stereocenters. The molecule has 2 aromatic heterocycles. The van der Waals surface area contributed by atoms with Crippen LogP contribution < -0.4 is 0 Å². The molecule has 4 fully saturated rings. The van der Waals surface area contributed by atoms with Crippen molar-refractivity contribution >= 4 is 43.6 Å². The van der Waals surface area contributed by atoms with Gasteiger partial charge in [-0.15, -0.1) is 0 Å². The van der Waals surface area contributed by atoms with Gasteiger partial charge >= 0.3 is 0 Å². The fourth-order valence-corrected chi connectivity index (χ4v) is 13.6. The molecule has 0 aliphatic heterocycles. The van der Waals surface area contributed by atoms with Crippen molar-refractivity contribution in [1.29, 1.82) is 0 Å². The zero-order chi connectivity index (χ0) is 39.1. The van der Waals surface area contributed by atoms with Gasteiger partial charge in [0, 0.05) is 38.2 Å². The van der Waals surface area contributed by atoms with Crippen molar-refractivity contribution in [2.75, 3.05) is 0 Å².